The highest BCUT2D eigenvalue weighted by Crippen LogP contribution is 2.47. The third-order valence-corrected chi connectivity index (χ3v) is 7.66. The Kier molecular flexibility index (Phi) is 10.2. The van der Waals surface area contributed by atoms with Gasteiger partial charge in [0.25, 0.3) is 0 Å². The minimum absolute atomic E-state index is 0. The number of amidine groups is 1. The lowest BCUT2D eigenvalue weighted by Gasteiger charge is -2.35. The molecule has 0 amide bonds. The number of benzene rings is 2. The maximum absolute atomic E-state index is 13.4. The maximum Gasteiger partial charge on any atom is 0.175 e. The number of allylic oxidation sites excluding steroid dienone is 4. The molecule has 0 bridgehead atoms. The van der Waals surface area contributed by atoms with E-state index in [0.717, 1.165) is 41.8 Å². The van der Waals surface area contributed by atoms with Gasteiger partial charge in [0, 0.05) is 34.5 Å². The Morgan fingerprint density at radius 2 is 1.97 bits per heavy atom. The van der Waals surface area contributed by atoms with Crippen LogP contribution in [0.15, 0.2) is 63.4 Å². The fourth-order valence-corrected chi connectivity index (χ4v) is 6.00. The summed E-state index contributed by atoms with van der Waals surface area (Å²) >= 11 is 3.66. The van der Waals surface area contributed by atoms with E-state index in [0.29, 0.717) is 51.6 Å². The summed E-state index contributed by atoms with van der Waals surface area (Å²) in [5.41, 5.74) is 10.9. The summed E-state index contributed by atoms with van der Waals surface area (Å²) in [6.45, 7) is 6.53. The standard InChI is InChI=1S/C30H33BrN4O3.ClH/c1-4-8-18-11-24-28(25(36)12-18)27(22(15-32)17(3)35-24)20-13-23(31)29(26(14-20)37-5-2)38-16-19-9-6-7-10-21(19)30(33)34;/h6-7,9-10,13-14,18,27,35H,4-5,8,11-12,16H2,1-3H3,(H3,33,34);1H. The van der Waals surface area contributed by atoms with Crippen LogP contribution in [0.2, 0.25) is 0 Å². The number of ketones is 1. The second-order valence-electron chi connectivity index (χ2n) is 9.71. The number of dihydropyridines is 1. The normalized spacial score (nSPS) is 18.5. The van der Waals surface area contributed by atoms with Gasteiger partial charge < -0.3 is 20.5 Å². The molecule has 39 heavy (non-hydrogen) atoms. The summed E-state index contributed by atoms with van der Waals surface area (Å²) < 4.78 is 12.8. The molecule has 4 N–H and O–H groups in total. The maximum atomic E-state index is 13.4. The van der Waals surface area contributed by atoms with E-state index < -0.39 is 5.92 Å². The van der Waals surface area contributed by atoms with Crippen molar-refractivity contribution in [1.82, 2.24) is 5.32 Å². The summed E-state index contributed by atoms with van der Waals surface area (Å²) in [5, 5.41) is 21.3. The molecule has 7 nitrogen and oxygen atoms in total. The first-order valence-electron chi connectivity index (χ1n) is 12.9. The van der Waals surface area contributed by atoms with Crippen LogP contribution in [0.4, 0.5) is 0 Å². The van der Waals surface area contributed by atoms with Gasteiger partial charge in [0.05, 0.1) is 28.6 Å². The molecule has 0 fully saturated rings. The number of nitriles is 1. The molecule has 1 aliphatic carbocycles. The lowest BCUT2D eigenvalue weighted by Crippen LogP contribution is -2.34. The summed E-state index contributed by atoms with van der Waals surface area (Å²) in [5.74, 6) is 0.930. The van der Waals surface area contributed by atoms with Gasteiger partial charge >= 0.3 is 0 Å². The Balaban J connectivity index is 0.00000420. The highest BCUT2D eigenvalue weighted by molar-refractivity contribution is 9.10. The zero-order chi connectivity index (χ0) is 27.4. The molecule has 0 aromatic heterocycles. The molecule has 2 atom stereocenters. The Labute approximate surface area is 244 Å². The van der Waals surface area contributed by atoms with Crippen LogP contribution in [0, 0.1) is 22.7 Å². The minimum atomic E-state index is -0.477. The molecular formula is C30H34BrClN4O3. The van der Waals surface area contributed by atoms with Gasteiger partial charge in [0.1, 0.15) is 12.4 Å². The minimum Gasteiger partial charge on any atom is -0.490 e. The zero-order valence-corrected chi connectivity index (χ0v) is 24.8. The number of nitrogens with two attached hydrogens (primary N) is 1. The number of nitrogen functional groups attached to an aromatic ring is 1. The monoisotopic (exact) mass is 612 g/mol. The first-order chi connectivity index (χ1) is 18.3. The topological polar surface area (TPSA) is 121 Å². The number of carbonyl (C=O) groups is 1. The number of nitrogens with one attached hydrogen (secondary N) is 2. The molecule has 2 aromatic rings. The lowest BCUT2D eigenvalue weighted by molar-refractivity contribution is -0.117. The van der Waals surface area contributed by atoms with Gasteiger partial charge in [-0.15, -0.1) is 12.4 Å². The SMILES string of the molecule is CCCC1CC(=O)C2=C(C1)NC(C)=C(C#N)C2c1cc(Br)c(OCc2ccccc2C(=N)N)c(OCC)c1.Cl. The van der Waals surface area contributed by atoms with Crippen LogP contribution in [0.25, 0.3) is 0 Å². The second-order valence-corrected chi connectivity index (χ2v) is 10.6. The van der Waals surface area contributed by atoms with Crippen LogP contribution >= 0.6 is 28.3 Å². The highest BCUT2D eigenvalue weighted by Gasteiger charge is 2.39. The number of ether oxygens (including phenoxy) is 2. The summed E-state index contributed by atoms with van der Waals surface area (Å²) in [4.78, 5) is 13.4. The van der Waals surface area contributed by atoms with Crippen LogP contribution in [-0.2, 0) is 11.4 Å². The van der Waals surface area contributed by atoms with Gasteiger partial charge in [-0.3, -0.25) is 10.2 Å². The van der Waals surface area contributed by atoms with Crippen molar-refractivity contribution in [3.05, 3.63) is 80.1 Å². The second kappa shape index (κ2) is 13.2. The first kappa shape index (κ1) is 30.3. The third kappa shape index (κ3) is 6.32. The number of rotatable bonds is 9. The van der Waals surface area contributed by atoms with Crippen LogP contribution in [-0.4, -0.2) is 18.2 Å². The van der Waals surface area contributed by atoms with Crippen molar-refractivity contribution >= 4 is 40.0 Å². The van der Waals surface area contributed by atoms with Crippen molar-refractivity contribution in [2.45, 2.75) is 59.0 Å². The number of halogens is 2. The summed E-state index contributed by atoms with van der Waals surface area (Å²) in [7, 11) is 0. The summed E-state index contributed by atoms with van der Waals surface area (Å²) in [6.07, 6.45) is 3.34. The predicted molar refractivity (Wildman–Crippen MR) is 158 cm³/mol. The van der Waals surface area contributed by atoms with Crippen molar-refractivity contribution in [3.63, 3.8) is 0 Å². The van der Waals surface area contributed by atoms with Crippen LogP contribution in [0.5, 0.6) is 11.5 Å². The third-order valence-electron chi connectivity index (χ3n) is 7.07. The molecule has 0 spiro atoms. The Hall–Kier alpha value is -3.28. The van der Waals surface area contributed by atoms with E-state index in [1.54, 1.807) is 6.07 Å². The van der Waals surface area contributed by atoms with E-state index in [1.165, 1.54) is 0 Å². The molecule has 206 valence electrons. The van der Waals surface area contributed by atoms with Crippen molar-refractivity contribution in [3.8, 4) is 17.6 Å². The molecule has 0 saturated heterocycles. The predicted octanol–water partition coefficient (Wildman–Crippen LogP) is 6.65. The Bertz CT molecular complexity index is 1380. The van der Waals surface area contributed by atoms with E-state index in [-0.39, 0.29) is 30.6 Å². The summed E-state index contributed by atoms with van der Waals surface area (Å²) in [6, 6.07) is 13.5. The number of Topliss-reactive ketones (excluding diaryl/α,β-unsaturated/α-hetero) is 1. The highest BCUT2D eigenvalue weighted by atomic mass is 79.9. The average molecular weight is 614 g/mol. The molecule has 2 aliphatic rings. The fourth-order valence-electron chi connectivity index (χ4n) is 5.43. The smallest absolute Gasteiger partial charge is 0.175 e. The molecule has 1 heterocycles. The van der Waals surface area contributed by atoms with Gasteiger partial charge in [-0.1, -0.05) is 37.6 Å². The number of hydrogen-bond acceptors (Lipinski definition) is 6. The average Bonchev–Trinajstić information content (AvgIpc) is 2.87. The quantitative estimate of drug-likeness (QED) is 0.215. The fraction of sp³-hybridized carbons (Fsp3) is 0.367. The van der Waals surface area contributed by atoms with Gasteiger partial charge in [-0.25, -0.2) is 0 Å². The zero-order valence-electron chi connectivity index (χ0n) is 22.4. The molecule has 1 aliphatic heterocycles. The van der Waals surface area contributed by atoms with Crippen molar-refractivity contribution < 1.29 is 14.3 Å². The van der Waals surface area contributed by atoms with Gasteiger partial charge in [-0.2, -0.15) is 5.26 Å². The van der Waals surface area contributed by atoms with E-state index in [9.17, 15) is 10.1 Å². The van der Waals surface area contributed by atoms with Crippen molar-refractivity contribution in [1.29, 1.82) is 10.7 Å². The van der Waals surface area contributed by atoms with Gasteiger partial charge in [0.15, 0.2) is 17.3 Å². The largest absolute Gasteiger partial charge is 0.490 e. The van der Waals surface area contributed by atoms with Crippen molar-refractivity contribution in [2.75, 3.05) is 6.61 Å². The van der Waals surface area contributed by atoms with Crippen LogP contribution in [0.1, 0.15) is 69.1 Å². The molecule has 9 heteroatoms. The first-order valence-corrected chi connectivity index (χ1v) is 13.7. The van der Waals surface area contributed by atoms with Crippen LogP contribution < -0.4 is 20.5 Å². The molecule has 2 aromatic carbocycles. The molecular weight excluding hydrogens is 580 g/mol. The van der Waals surface area contributed by atoms with E-state index in [2.05, 4.69) is 34.2 Å². The lowest BCUT2D eigenvalue weighted by atomic mass is 9.72. The van der Waals surface area contributed by atoms with E-state index in [4.69, 9.17) is 20.6 Å². The molecule has 0 radical (unpaired) electrons. The Morgan fingerprint density at radius 3 is 2.64 bits per heavy atom. The van der Waals surface area contributed by atoms with Gasteiger partial charge in [0.2, 0.25) is 0 Å². The molecule has 4 rings (SSSR count). The molecule has 0 saturated carbocycles. The number of nitrogens with zero attached hydrogens (tertiary/aromatic N) is 1. The number of carbonyl (C=O) groups excluding carboxylic acids is 1. The Morgan fingerprint density at radius 1 is 1.23 bits per heavy atom. The van der Waals surface area contributed by atoms with E-state index in [1.807, 2.05) is 44.2 Å². The van der Waals surface area contributed by atoms with Gasteiger partial charge in [-0.05, 0) is 66.2 Å². The van der Waals surface area contributed by atoms with E-state index >= 15 is 0 Å². The number of hydrogen-bond donors (Lipinski definition) is 3. The molecule has 2 unspecified atom stereocenters. The van der Waals surface area contributed by atoms with Crippen molar-refractivity contribution in [2.24, 2.45) is 11.7 Å². The van der Waals surface area contributed by atoms with Crippen LogP contribution in [0.3, 0.4) is 0 Å².